The van der Waals surface area contributed by atoms with Crippen LogP contribution in [-0.4, -0.2) is 13.0 Å². The highest BCUT2D eigenvalue weighted by Crippen LogP contribution is 2.21. The highest BCUT2D eigenvalue weighted by atomic mass is 16.5. The third kappa shape index (κ3) is 4.58. The summed E-state index contributed by atoms with van der Waals surface area (Å²) in [6.45, 7) is 0. The van der Waals surface area contributed by atoms with Crippen molar-refractivity contribution in [3.63, 3.8) is 0 Å². The van der Waals surface area contributed by atoms with Gasteiger partial charge in [0.15, 0.2) is 0 Å². The highest BCUT2D eigenvalue weighted by Gasteiger charge is 2.00. The van der Waals surface area contributed by atoms with Crippen molar-refractivity contribution in [3.8, 4) is 16.9 Å². The Kier molecular flexibility index (Phi) is 5.27. The number of hydrogen-bond donors (Lipinski definition) is 1. The Morgan fingerprint density at radius 3 is 2.32 bits per heavy atom. The number of carbonyl (C=O) groups is 1. The number of amides is 1. The van der Waals surface area contributed by atoms with Crippen LogP contribution in [0.3, 0.4) is 0 Å². The van der Waals surface area contributed by atoms with Crippen LogP contribution in [0.1, 0.15) is 5.56 Å². The molecule has 124 valence electrons. The van der Waals surface area contributed by atoms with Crippen molar-refractivity contribution in [1.29, 1.82) is 0 Å². The van der Waals surface area contributed by atoms with E-state index in [0.29, 0.717) is 0 Å². The number of carbonyl (C=O) groups excluding carboxylic acids is 1. The monoisotopic (exact) mass is 329 g/mol. The third-order valence-electron chi connectivity index (χ3n) is 3.78. The molecule has 0 aliphatic heterocycles. The molecule has 0 aromatic heterocycles. The fourth-order valence-corrected chi connectivity index (χ4v) is 2.48. The van der Waals surface area contributed by atoms with Gasteiger partial charge in [0.05, 0.1) is 7.11 Å². The predicted molar refractivity (Wildman–Crippen MR) is 103 cm³/mol. The van der Waals surface area contributed by atoms with Gasteiger partial charge < -0.3 is 10.1 Å². The second-order valence-corrected chi connectivity index (χ2v) is 5.54. The molecule has 3 heteroatoms. The lowest BCUT2D eigenvalue weighted by atomic mass is 10.1. The van der Waals surface area contributed by atoms with Crippen molar-refractivity contribution in [1.82, 2.24) is 0 Å². The van der Waals surface area contributed by atoms with Crippen LogP contribution >= 0.6 is 0 Å². The smallest absolute Gasteiger partial charge is 0.248 e. The van der Waals surface area contributed by atoms with Gasteiger partial charge in [0.1, 0.15) is 5.75 Å². The quantitative estimate of drug-likeness (QED) is 0.668. The summed E-state index contributed by atoms with van der Waals surface area (Å²) in [5, 5.41) is 2.86. The van der Waals surface area contributed by atoms with E-state index in [2.05, 4.69) is 17.4 Å². The molecule has 0 radical (unpaired) electrons. The number of ether oxygens (including phenoxy) is 1. The molecule has 0 fully saturated rings. The van der Waals surface area contributed by atoms with E-state index in [1.165, 1.54) is 6.08 Å². The van der Waals surface area contributed by atoms with Gasteiger partial charge in [-0.15, -0.1) is 0 Å². The Bertz CT molecular complexity index is 868. The molecule has 3 aromatic carbocycles. The van der Waals surface area contributed by atoms with Gasteiger partial charge in [-0.05, 0) is 47.0 Å². The first-order chi connectivity index (χ1) is 12.2. The molecule has 0 aliphatic carbocycles. The second-order valence-electron chi connectivity index (χ2n) is 5.54. The summed E-state index contributed by atoms with van der Waals surface area (Å²) in [4.78, 5) is 12.1. The maximum Gasteiger partial charge on any atom is 0.248 e. The lowest BCUT2D eigenvalue weighted by Gasteiger charge is -2.05. The summed E-state index contributed by atoms with van der Waals surface area (Å²) >= 11 is 0. The first-order valence-corrected chi connectivity index (χ1v) is 8.03. The van der Waals surface area contributed by atoms with Gasteiger partial charge in [-0.2, -0.15) is 0 Å². The minimum atomic E-state index is -0.171. The predicted octanol–water partition coefficient (Wildman–Crippen LogP) is 5.01. The van der Waals surface area contributed by atoms with Crippen LogP contribution in [0.5, 0.6) is 5.75 Å². The molecule has 1 amide bonds. The van der Waals surface area contributed by atoms with Crippen molar-refractivity contribution in [2.75, 3.05) is 12.4 Å². The normalized spacial score (nSPS) is 10.6. The maximum atomic E-state index is 12.1. The van der Waals surface area contributed by atoms with Gasteiger partial charge in [0, 0.05) is 11.8 Å². The van der Waals surface area contributed by atoms with Crippen LogP contribution < -0.4 is 10.1 Å². The van der Waals surface area contributed by atoms with Gasteiger partial charge in [-0.25, -0.2) is 0 Å². The minimum Gasteiger partial charge on any atom is -0.497 e. The van der Waals surface area contributed by atoms with E-state index >= 15 is 0 Å². The molecule has 0 saturated carbocycles. The zero-order valence-corrected chi connectivity index (χ0v) is 14.0. The molecular formula is C22H19NO2. The SMILES string of the molecule is COc1cccc(/C=C/C(=O)Nc2ccc(-c3ccccc3)cc2)c1. The van der Waals surface area contributed by atoms with E-state index in [-0.39, 0.29) is 5.91 Å². The Morgan fingerprint density at radius 1 is 0.880 bits per heavy atom. The second kappa shape index (κ2) is 7.97. The average Bonchev–Trinajstić information content (AvgIpc) is 2.68. The molecule has 0 saturated heterocycles. The molecule has 3 nitrogen and oxygen atoms in total. The van der Waals surface area contributed by atoms with Crippen molar-refractivity contribution in [2.45, 2.75) is 0 Å². The largest absolute Gasteiger partial charge is 0.497 e. The number of nitrogens with one attached hydrogen (secondary N) is 1. The summed E-state index contributed by atoms with van der Waals surface area (Å²) in [5.41, 5.74) is 3.94. The van der Waals surface area contributed by atoms with Crippen LogP contribution in [0.15, 0.2) is 84.9 Å². The van der Waals surface area contributed by atoms with Gasteiger partial charge in [-0.3, -0.25) is 4.79 Å². The van der Waals surface area contributed by atoms with Crippen LogP contribution in [-0.2, 0) is 4.79 Å². The third-order valence-corrected chi connectivity index (χ3v) is 3.78. The molecule has 25 heavy (non-hydrogen) atoms. The minimum absolute atomic E-state index is 0.171. The van der Waals surface area contributed by atoms with E-state index in [0.717, 1.165) is 28.1 Å². The average molecular weight is 329 g/mol. The van der Waals surface area contributed by atoms with Gasteiger partial charge in [-0.1, -0.05) is 54.6 Å². The molecule has 3 aromatic rings. The zero-order chi connectivity index (χ0) is 17.5. The number of methoxy groups -OCH3 is 1. The molecule has 0 heterocycles. The van der Waals surface area contributed by atoms with Crippen molar-refractivity contribution in [3.05, 3.63) is 90.5 Å². The topological polar surface area (TPSA) is 38.3 Å². The Labute approximate surface area is 147 Å². The molecule has 1 N–H and O–H groups in total. The summed E-state index contributed by atoms with van der Waals surface area (Å²) in [6.07, 6.45) is 3.27. The van der Waals surface area contributed by atoms with E-state index < -0.39 is 0 Å². The molecule has 0 spiro atoms. The standard InChI is InChI=1S/C22H19NO2/c1-25-21-9-5-6-17(16-21)10-15-22(24)23-20-13-11-19(12-14-20)18-7-3-2-4-8-18/h2-16H,1H3,(H,23,24)/b15-10+. The Morgan fingerprint density at radius 2 is 1.60 bits per heavy atom. The van der Waals surface area contributed by atoms with E-state index in [4.69, 9.17) is 4.74 Å². The van der Waals surface area contributed by atoms with Gasteiger partial charge >= 0.3 is 0 Å². The van der Waals surface area contributed by atoms with E-state index in [9.17, 15) is 4.79 Å². The molecule has 0 unspecified atom stereocenters. The van der Waals surface area contributed by atoms with Gasteiger partial charge in [0.2, 0.25) is 5.91 Å². The lowest BCUT2D eigenvalue weighted by molar-refractivity contribution is -0.111. The lowest BCUT2D eigenvalue weighted by Crippen LogP contribution is -2.07. The summed E-state index contributed by atoms with van der Waals surface area (Å²) in [7, 11) is 1.62. The fraction of sp³-hybridized carbons (Fsp3) is 0.0455. The first kappa shape index (κ1) is 16.5. The van der Waals surface area contributed by atoms with E-state index in [1.807, 2.05) is 66.7 Å². The van der Waals surface area contributed by atoms with Crippen LogP contribution in [0.25, 0.3) is 17.2 Å². The summed E-state index contributed by atoms with van der Waals surface area (Å²) < 4.78 is 5.17. The molecule has 0 atom stereocenters. The van der Waals surface area contributed by atoms with Gasteiger partial charge in [0.25, 0.3) is 0 Å². The molecule has 3 rings (SSSR count). The number of rotatable bonds is 5. The Hall–Kier alpha value is -3.33. The van der Waals surface area contributed by atoms with Crippen LogP contribution in [0.2, 0.25) is 0 Å². The number of hydrogen-bond acceptors (Lipinski definition) is 2. The molecular weight excluding hydrogens is 310 g/mol. The summed E-state index contributed by atoms with van der Waals surface area (Å²) in [6, 6.07) is 25.5. The zero-order valence-electron chi connectivity index (χ0n) is 14.0. The number of anilines is 1. The molecule has 0 aliphatic rings. The number of benzene rings is 3. The maximum absolute atomic E-state index is 12.1. The Balaban J connectivity index is 1.63. The van der Waals surface area contributed by atoms with Crippen molar-refractivity contribution < 1.29 is 9.53 Å². The van der Waals surface area contributed by atoms with Crippen LogP contribution in [0, 0.1) is 0 Å². The highest BCUT2D eigenvalue weighted by molar-refractivity contribution is 6.02. The van der Waals surface area contributed by atoms with Crippen molar-refractivity contribution in [2.24, 2.45) is 0 Å². The van der Waals surface area contributed by atoms with Crippen LogP contribution in [0.4, 0.5) is 5.69 Å². The summed E-state index contributed by atoms with van der Waals surface area (Å²) in [5.74, 6) is 0.592. The first-order valence-electron chi connectivity index (χ1n) is 8.03. The fourth-order valence-electron chi connectivity index (χ4n) is 2.48. The van der Waals surface area contributed by atoms with E-state index in [1.54, 1.807) is 13.2 Å². The molecule has 0 bridgehead atoms. The van der Waals surface area contributed by atoms with Crippen molar-refractivity contribution >= 4 is 17.7 Å².